The van der Waals surface area contributed by atoms with Crippen LogP contribution in [0.4, 0.5) is 5.69 Å². The number of halogens is 1. The molecule has 6 heteroatoms. The largest absolute Gasteiger partial charge is 0.384 e. The van der Waals surface area contributed by atoms with E-state index in [0.717, 1.165) is 34.8 Å². The number of rotatable bonds is 4. The summed E-state index contributed by atoms with van der Waals surface area (Å²) in [5.74, 6) is 1.58. The Balaban J connectivity index is 1.68. The lowest BCUT2D eigenvalue weighted by Crippen LogP contribution is -2.21. The van der Waals surface area contributed by atoms with E-state index in [9.17, 15) is 0 Å². The summed E-state index contributed by atoms with van der Waals surface area (Å²) in [5, 5.41) is 15.4. The van der Waals surface area contributed by atoms with E-state index in [4.69, 9.17) is 11.6 Å². The Morgan fingerprint density at radius 3 is 3.05 bits per heavy atom. The smallest absolute Gasteiger partial charge is 0.143 e. The summed E-state index contributed by atoms with van der Waals surface area (Å²) in [5.41, 5.74) is 1.85. The molecule has 2 unspecified atom stereocenters. The fourth-order valence-electron chi connectivity index (χ4n) is 3.07. The predicted octanol–water partition coefficient (Wildman–Crippen LogP) is 3.55. The minimum absolute atomic E-state index is 0.732. The topological polar surface area (TPSA) is 55.6 Å². The highest BCUT2D eigenvalue weighted by Crippen LogP contribution is 2.30. The average Bonchev–Trinajstić information content (AvgIpc) is 3.01. The van der Waals surface area contributed by atoms with Gasteiger partial charge < -0.3 is 5.32 Å². The summed E-state index contributed by atoms with van der Waals surface area (Å²) in [7, 11) is 0. The van der Waals surface area contributed by atoms with E-state index in [2.05, 4.69) is 27.8 Å². The molecule has 0 spiro atoms. The SMILES string of the molecule is CC1CCCC(CNc2cc(-n3cnnn3)ccc2Cl)C1. The van der Waals surface area contributed by atoms with Gasteiger partial charge in [0.15, 0.2) is 0 Å². The summed E-state index contributed by atoms with van der Waals surface area (Å²) < 4.78 is 1.63. The van der Waals surface area contributed by atoms with E-state index in [-0.39, 0.29) is 0 Å². The number of nitrogens with zero attached hydrogens (tertiary/aromatic N) is 4. The van der Waals surface area contributed by atoms with Crippen molar-refractivity contribution in [2.75, 3.05) is 11.9 Å². The molecule has 0 aliphatic heterocycles. The third-order valence-corrected chi connectivity index (χ3v) is 4.52. The first-order valence-electron chi connectivity index (χ1n) is 7.49. The summed E-state index contributed by atoms with van der Waals surface area (Å²) >= 11 is 6.28. The van der Waals surface area contributed by atoms with Gasteiger partial charge in [-0.3, -0.25) is 0 Å². The lowest BCUT2D eigenvalue weighted by Gasteiger charge is -2.27. The van der Waals surface area contributed by atoms with Crippen molar-refractivity contribution in [1.82, 2.24) is 20.2 Å². The monoisotopic (exact) mass is 305 g/mol. The molecule has 1 aromatic carbocycles. The van der Waals surface area contributed by atoms with Crippen LogP contribution >= 0.6 is 11.6 Å². The molecule has 1 heterocycles. The molecule has 0 bridgehead atoms. The molecule has 112 valence electrons. The second-order valence-electron chi connectivity index (χ2n) is 5.94. The molecular formula is C15H20ClN5. The Bertz CT molecular complexity index is 584. The second kappa shape index (κ2) is 6.43. The fourth-order valence-corrected chi connectivity index (χ4v) is 3.25. The highest BCUT2D eigenvalue weighted by atomic mass is 35.5. The Morgan fingerprint density at radius 2 is 2.29 bits per heavy atom. The van der Waals surface area contributed by atoms with Gasteiger partial charge in [-0.25, -0.2) is 4.68 Å². The number of hydrogen-bond acceptors (Lipinski definition) is 4. The van der Waals surface area contributed by atoms with Crippen molar-refractivity contribution in [3.8, 4) is 5.69 Å². The van der Waals surface area contributed by atoms with E-state index in [0.29, 0.717) is 0 Å². The van der Waals surface area contributed by atoms with Crippen molar-refractivity contribution in [2.45, 2.75) is 32.6 Å². The molecule has 21 heavy (non-hydrogen) atoms. The van der Waals surface area contributed by atoms with Crippen molar-refractivity contribution >= 4 is 17.3 Å². The van der Waals surface area contributed by atoms with E-state index in [1.807, 2.05) is 18.2 Å². The number of aromatic nitrogens is 4. The molecule has 0 amide bonds. The second-order valence-corrected chi connectivity index (χ2v) is 6.34. The number of tetrazole rings is 1. The van der Waals surface area contributed by atoms with Crippen molar-refractivity contribution in [3.63, 3.8) is 0 Å². The molecule has 2 aromatic rings. The molecule has 2 atom stereocenters. The highest BCUT2D eigenvalue weighted by molar-refractivity contribution is 6.33. The van der Waals surface area contributed by atoms with Gasteiger partial charge in [0, 0.05) is 6.54 Å². The van der Waals surface area contributed by atoms with Crippen LogP contribution in [0.2, 0.25) is 5.02 Å². The van der Waals surface area contributed by atoms with Crippen LogP contribution < -0.4 is 5.32 Å². The Morgan fingerprint density at radius 1 is 1.38 bits per heavy atom. The average molecular weight is 306 g/mol. The minimum Gasteiger partial charge on any atom is -0.384 e. The van der Waals surface area contributed by atoms with Crippen molar-refractivity contribution in [2.24, 2.45) is 11.8 Å². The maximum absolute atomic E-state index is 6.28. The molecule has 1 aromatic heterocycles. The molecule has 0 radical (unpaired) electrons. The van der Waals surface area contributed by atoms with Gasteiger partial charge in [0.1, 0.15) is 6.33 Å². The maximum Gasteiger partial charge on any atom is 0.143 e. The van der Waals surface area contributed by atoms with E-state index in [1.54, 1.807) is 11.0 Å². The minimum atomic E-state index is 0.732. The molecule has 1 aliphatic carbocycles. The zero-order valence-corrected chi connectivity index (χ0v) is 12.9. The van der Waals surface area contributed by atoms with Crippen LogP contribution in [-0.2, 0) is 0 Å². The van der Waals surface area contributed by atoms with Crippen molar-refractivity contribution in [3.05, 3.63) is 29.5 Å². The van der Waals surface area contributed by atoms with Gasteiger partial charge in [0.05, 0.1) is 16.4 Å². The number of anilines is 1. The third-order valence-electron chi connectivity index (χ3n) is 4.19. The van der Waals surface area contributed by atoms with Crippen LogP contribution in [0.1, 0.15) is 32.6 Å². The van der Waals surface area contributed by atoms with Crippen LogP contribution in [0.25, 0.3) is 5.69 Å². The summed E-state index contributed by atoms with van der Waals surface area (Å²) in [4.78, 5) is 0. The maximum atomic E-state index is 6.28. The zero-order valence-electron chi connectivity index (χ0n) is 12.2. The highest BCUT2D eigenvalue weighted by Gasteiger charge is 2.18. The molecule has 0 saturated heterocycles. The fraction of sp³-hybridized carbons (Fsp3) is 0.533. The molecule has 1 fully saturated rings. The number of nitrogens with one attached hydrogen (secondary N) is 1. The van der Waals surface area contributed by atoms with Gasteiger partial charge in [0.2, 0.25) is 0 Å². The van der Waals surface area contributed by atoms with Gasteiger partial charge in [0.25, 0.3) is 0 Å². The molecule has 1 saturated carbocycles. The Hall–Kier alpha value is -1.62. The van der Waals surface area contributed by atoms with Gasteiger partial charge in [-0.15, -0.1) is 5.10 Å². The summed E-state index contributed by atoms with van der Waals surface area (Å²) in [6, 6.07) is 5.78. The number of hydrogen-bond donors (Lipinski definition) is 1. The van der Waals surface area contributed by atoms with Crippen molar-refractivity contribution in [1.29, 1.82) is 0 Å². The predicted molar refractivity (Wildman–Crippen MR) is 83.8 cm³/mol. The first-order chi connectivity index (χ1) is 10.2. The molecule has 1 aliphatic rings. The van der Waals surface area contributed by atoms with Crippen LogP contribution in [0.5, 0.6) is 0 Å². The normalized spacial score (nSPS) is 22.2. The Kier molecular flexibility index (Phi) is 4.39. The van der Waals surface area contributed by atoms with Crippen LogP contribution in [0, 0.1) is 11.8 Å². The first-order valence-corrected chi connectivity index (χ1v) is 7.87. The van der Waals surface area contributed by atoms with Gasteiger partial charge in [-0.1, -0.05) is 31.4 Å². The van der Waals surface area contributed by atoms with Crippen LogP contribution in [0.3, 0.4) is 0 Å². The number of benzene rings is 1. The summed E-state index contributed by atoms with van der Waals surface area (Å²) in [6.45, 7) is 3.32. The van der Waals surface area contributed by atoms with Crippen molar-refractivity contribution < 1.29 is 0 Å². The standard InChI is InChI=1S/C15H20ClN5/c1-11-3-2-4-12(7-11)9-17-15-8-13(5-6-14(15)16)21-10-18-19-20-21/h5-6,8,10-12,17H,2-4,7,9H2,1H3. The molecular weight excluding hydrogens is 286 g/mol. The van der Waals surface area contributed by atoms with Gasteiger partial charge >= 0.3 is 0 Å². The lowest BCUT2D eigenvalue weighted by molar-refractivity contribution is 0.293. The first kappa shape index (κ1) is 14.3. The van der Waals surface area contributed by atoms with E-state index in [1.165, 1.54) is 25.7 Å². The van der Waals surface area contributed by atoms with E-state index >= 15 is 0 Å². The molecule has 3 rings (SSSR count). The van der Waals surface area contributed by atoms with Gasteiger partial charge in [-0.2, -0.15) is 0 Å². The molecule has 1 N–H and O–H groups in total. The third kappa shape index (κ3) is 3.53. The quantitative estimate of drug-likeness (QED) is 0.938. The van der Waals surface area contributed by atoms with Crippen LogP contribution in [-0.4, -0.2) is 26.8 Å². The van der Waals surface area contributed by atoms with E-state index < -0.39 is 0 Å². The Labute approximate surface area is 129 Å². The van der Waals surface area contributed by atoms with Gasteiger partial charge in [-0.05, 0) is 53.3 Å². The zero-order chi connectivity index (χ0) is 14.7. The van der Waals surface area contributed by atoms with Crippen LogP contribution in [0.15, 0.2) is 24.5 Å². The summed E-state index contributed by atoms with van der Waals surface area (Å²) in [6.07, 6.45) is 6.90. The molecule has 5 nitrogen and oxygen atoms in total. The lowest BCUT2D eigenvalue weighted by atomic mass is 9.82.